The molecule has 7 heavy (non-hydrogen) atoms. The highest BCUT2D eigenvalue weighted by Gasteiger charge is 1.76. The topological polar surface area (TPSA) is 48.2 Å². The molecule has 0 aliphatic heterocycles. The molecule has 37 valence electrons. The van der Waals surface area contributed by atoms with E-state index in [-0.39, 0.29) is 0 Å². The number of rotatable bonds is 0. The van der Waals surface area contributed by atoms with Gasteiger partial charge in [-0.1, -0.05) is 0 Å². The lowest BCUT2D eigenvalue weighted by Gasteiger charge is -1.87. The first-order chi connectivity index (χ1) is 3.31. The van der Waals surface area contributed by atoms with Gasteiger partial charge in [0.05, 0.1) is 0 Å². The van der Waals surface area contributed by atoms with Gasteiger partial charge >= 0.3 is 0 Å². The van der Waals surface area contributed by atoms with E-state index >= 15 is 0 Å². The predicted octanol–water partition coefficient (Wildman–Crippen LogP) is -0.0805. The molecule has 0 saturated carbocycles. The van der Waals surface area contributed by atoms with Crippen LogP contribution in [0.4, 0.5) is 0 Å². The fraction of sp³-hybridized carbons (Fsp3) is 0.250. The number of nitrogens with zero attached hydrogens (tertiary/aromatic N) is 2. The van der Waals surface area contributed by atoms with Gasteiger partial charge in [0, 0.05) is 14.0 Å². The first-order valence-corrected chi connectivity index (χ1v) is 1.77. The number of amidine groups is 1. The van der Waals surface area contributed by atoms with Crippen molar-refractivity contribution in [3.63, 3.8) is 0 Å². The van der Waals surface area contributed by atoms with Crippen molar-refractivity contribution in [2.45, 2.75) is 0 Å². The molecule has 0 aliphatic carbocycles. The average Bonchev–Trinajstić information content (AvgIpc) is 1.68. The lowest BCUT2D eigenvalue weighted by Crippen LogP contribution is -2.12. The van der Waals surface area contributed by atoms with Gasteiger partial charge in [-0.3, -0.25) is 0 Å². The van der Waals surface area contributed by atoms with E-state index in [1.807, 2.05) is 0 Å². The van der Waals surface area contributed by atoms with Gasteiger partial charge in [-0.05, 0) is 0 Å². The second kappa shape index (κ2) is 3.16. The largest absolute Gasteiger partial charge is 0.376 e. The maximum absolute atomic E-state index is 7.85. The Morgan fingerprint density at radius 2 is 2.57 bits per heavy atom. The van der Waals surface area contributed by atoms with Gasteiger partial charge < -0.3 is 5.32 Å². The summed E-state index contributed by atoms with van der Waals surface area (Å²) in [7, 11) is 1.66. The Kier molecular flexibility index (Phi) is 2.69. The molecule has 0 saturated heterocycles. The van der Waals surface area contributed by atoms with Crippen LogP contribution in [0.25, 0.3) is 0 Å². The van der Waals surface area contributed by atoms with Crippen molar-refractivity contribution in [1.29, 1.82) is 5.26 Å². The van der Waals surface area contributed by atoms with Gasteiger partial charge in [-0.2, -0.15) is 10.3 Å². The summed E-state index contributed by atoms with van der Waals surface area (Å²) >= 11 is 0. The molecular formula is C4H6N3. The summed E-state index contributed by atoms with van der Waals surface area (Å²) in [4.78, 5) is 3.24. The highest BCUT2D eigenvalue weighted by molar-refractivity contribution is 5.86. The van der Waals surface area contributed by atoms with Gasteiger partial charge in [-0.15, -0.1) is 0 Å². The van der Waals surface area contributed by atoms with Crippen molar-refractivity contribution in [3.8, 4) is 6.19 Å². The maximum Gasteiger partial charge on any atom is 0.207 e. The monoisotopic (exact) mass is 96.1 g/mol. The Balaban J connectivity index is 3.56. The third-order valence-electron chi connectivity index (χ3n) is 0.474. The van der Waals surface area contributed by atoms with Crippen LogP contribution in [-0.4, -0.2) is 12.9 Å². The van der Waals surface area contributed by atoms with Crippen molar-refractivity contribution in [2.24, 2.45) is 4.99 Å². The van der Waals surface area contributed by atoms with Crippen LogP contribution in [0, 0.1) is 18.4 Å². The molecule has 0 rings (SSSR count). The summed E-state index contributed by atoms with van der Waals surface area (Å²) in [6.07, 6.45) is 1.58. The molecule has 0 atom stereocenters. The Labute approximate surface area is 42.7 Å². The zero-order valence-corrected chi connectivity index (χ0v) is 4.10. The molecule has 0 aliphatic rings. The smallest absolute Gasteiger partial charge is 0.207 e. The van der Waals surface area contributed by atoms with Crippen LogP contribution in [0.2, 0.25) is 0 Å². The van der Waals surface area contributed by atoms with Crippen LogP contribution in [0.5, 0.6) is 0 Å². The van der Waals surface area contributed by atoms with Crippen molar-refractivity contribution in [3.05, 3.63) is 6.92 Å². The molecule has 0 bridgehead atoms. The summed E-state index contributed by atoms with van der Waals surface area (Å²) < 4.78 is 0. The Bertz CT molecular complexity index is 109. The van der Waals surface area contributed by atoms with Gasteiger partial charge in [-0.25, -0.2) is 0 Å². The molecule has 0 aromatic carbocycles. The molecule has 0 aromatic rings. The van der Waals surface area contributed by atoms with E-state index in [4.69, 9.17) is 5.26 Å². The molecule has 0 spiro atoms. The lowest BCUT2D eigenvalue weighted by atomic mass is 10.7. The summed E-state index contributed by atoms with van der Waals surface area (Å²) in [6.45, 7) is 3.36. The highest BCUT2D eigenvalue weighted by atomic mass is 14.9. The SMILES string of the molecule is [CH2]C(=NC#N)NC. The molecular weight excluding hydrogens is 90.1 g/mol. The van der Waals surface area contributed by atoms with Crippen LogP contribution in [-0.2, 0) is 0 Å². The highest BCUT2D eigenvalue weighted by Crippen LogP contribution is 1.62. The molecule has 0 aromatic heterocycles. The van der Waals surface area contributed by atoms with Crippen LogP contribution in [0.15, 0.2) is 4.99 Å². The van der Waals surface area contributed by atoms with Gasteiger partial charge in [0.2, 0.25) is 6.19 Å². The van der Waals surface area contributed by atoms with Gasteiger partial charge in [0.1, 0.15) is 5.84 Å². The lowest BCUT2D eigenvalue weighted by molar-refractivity contribution is 1.17. The van der Waals surface area contributed by atoms with Crippen LogP contribution in [0.3, 0.4) is 0 Å². The average molecular weight is 96.1 g/mol. The van der Waals surface area contributed by atoms with E-state index in [0.29, 0.717) is 5.84 Å². The van der Waals surface area contributed by atoms with Crippen LogP contribution in [0.1, 0.15) is 0 Å². The minimum Gasteiger partial charge on any atom is -0.376 e. The Morgan fingerprint density at radius 1 is 2.00 bits per heavy atom. The molecule has 3 nitrogen and oxygen atoms in total. The standard InChI is InChI=1S/C4H6N3/c1-4(6-2)7-3-5/h1H2,2H3,(H,6,7). The Morgan fingerprint density at radius 3 is 2.71 bits per heavy atom. The summed E-state index contributed by atoms with van der Waals surface area (Å²) in [5, 5.41) is 10.4. The van der Waals surface area contributed by atoms with E-state index in [9.17, 15) is 0 Å². The van der Waals surface area contributed by atoms with E-state index in [1.54, 1.807) is 13.2 Å². The van der Waals surface area contributed by atoms with Crippen LogP contribution >= 0.6 is 0 Å². The number of nitriles is 1. The van der Waals surface area contributed by atoms with E-state index < -0.39 is 0 Å². The quantitative estimate of drug-likeness (QED) is 0.260. The predicted molar refractivity (Wildman–Crippen MR) is 27.5 cm³/mol. The van der Waals surface area contributed by atoms with Crippen molar-refractivity contribution in [2.75, 3.05) is 7.05 Å². The molecule has 3 heteroatoms. The van der Waals surface area contributed by atoms with Crippen molar-refractivity contribution in [1.82, 2.24) is 5.32 Å². The third-order valence-corrected chi connectivity index (χ3v) is 0.474. The van der Waals surface area contributed by atoms with Crippen molar-refractivity contribution >= 4 is 5.84 Å². The molecule has 1 radical (unpaired) electrons. The summed E-state index contributed by atoms with van der Waals surface area (Å²) in [5.74, 6) is 0.391. The Hall–Kier alpha value is -1.04. The first-order valence-electron chi connectivity index (χ1n) is 1.77. The number of nitrogens with one attached hydrogen (secondary N) is 1. The number of aliphatic imine (C=N–C) groups is 1. The molecule has 1 N–H and O–H groups in total. The molecule has 0 amide bonds. The zero-order chi connectivity index (χ0) is 5.70. The molecule has 0 heterocycles. The maximum atomic E-state index is 7.85. The molecule has 0 unspecified atom stereocenters. The normalized spacial score (nSPS) is 10.1. The summed E-state index contributed by atoms with van der Waals surface area (Å²) in [6, 6.07) is 0. The van der Waals surface area contributed by atoms with Crippen molar-refractivity contribution < 1.29 is 0 Å². The first kappa shape index (κ1) is 5.96. The van der Waals surface area contributed by atoms with Gasteiger partial charge in [0.15, 0.2) is 0 Å². The summed E-state index contributed by atoms with van der Waals surface area (Å²) in [5.41, 5.74) is 0. The number of hydrogen-bond donors (Lipinski definition) is 1. The zero-order valence-electron chi connectivity index (χ0n) is 4.10. The minimum absolute atomic E-state index is 0.391. The second-order valence-corrected chi connectivity index (χ2v) is 0.908. The minimum atomic E-state index is 0.391. The van der Waals surface area contributed by atoms with Crippen LogP contribution < -0.4 is 5.32 Å². The number of hydrogen-bond acceptors (Lipinski definition) is 2. The second-order valence-electron chi connectivity index (χ2n) is 0.908. The van der Waals surface area contributed by atoms with E-state index in [2.05, 4.69) is 17.2 Å². The van der Waals surface area contributed by atoms with E-state index in [1.165, 1.54) is 0 Å². The fourth-order valence-corrected chi connectivity index (χ4v) is 0.116. The molecule has 0 fully saturated rings. The van der Waals surface area contributed by atoms with E-state index in [0.717, 1.165) is 0 Å². The van der Waals surface area contributed by atoms with Gasteiger partial charge in [0.25, 0.3) is 0 Å². The fourth-order valence-electron chi connectivity index (χ4n) is 0.116. The third kappa shape index (κ3) is 2.77.